The van der Waals surface area contributed by atoms with E-state index in [1.54, 1.807) is 19.1 Å². The van der Waals surface area contributed by atoms with E-state index in [0.29, 0.717) is 11.1 Å². The van der Waals surface area contributed by atoms with Crippen molar-refractivity contribution in [3.05, 3.63) is 34.8 Å². The maximum absolute atomic E-state index is 12.2. The molecule has 0 unspecified atom stereocenters. The molecule has 0 saturated carbocycles. The second-order valence-corrected chi connectivity index (χ2v) is 6.62. The van der Waals surface area contributed by atoms with Gasteiger partial charge < -0.3 is 5.73 Å². The number of nitrogens with one attached hydrogen (secondary N) is 1. The van der Waals surface area contributed by atoms with E-state index in [-0.39, 0.29) is 15.0 Å². The number of rotatable bonds is 4. The van der Waals surface area contributed by atoms with Gasteiger partial charge >= 0.3 is 0 Å². The van der Waals surface area contributed by atoms with Crippen molar-refractivity contribution in [3.8, 4) is 0 Å². The van der Waals surface area contributed by atoms with Crippen LogP contribution in [-0.4, -0.2) is 23.6 Å². The van der Waals surface area contributed by atoms with Crippen molar-refractivity contribution in [2.45, 2.75) is 11.8 Å². The Hall–Kier alpha value is -1.58. The molecule has 100 valence electrons. The molecule has 2 rings (SSSR count). The molecule has 0 radical (unpaired) electrons. The van der Waals surface area contributed by atoms with Gasteiger partial charge in [-0.3, -0.25) is 4.72 Å². The number of thiocarbonyl (C=S) groups is 1. The summed E-state index contributed by atoms with van der Waals surface area (Å²) in [6, 6.07) is 4.67. The quantitative estimate of drug-likeness (QED) is 0.825. The Bertz CT molecular complexity index is 710. The number of aryl methyl sites for hydroxylation is 1. The van der Waals surface area contributed by atoms with Gasteiger partial charge in [0.15, 0.2) is 0 Å². The lowest BCUT2D eigenvalue weighted by atomic mass is 10.1. The molecule has 2 aromatic rings. The van der Waals surface area contributed by atoms with Gasteiger partial charge in [0.1, 0.15) is 10.5 Å². The molecule has 6 nitrogen and oxygen atoms in total. The third-order valence-corrected chi connectivity index (χ3v) is 4.80. The van der Waals surface area contributed by atoms with Crippen LogP contribution in [-0.2, 0) is 10.0 Å². The highest BCUT2D eigenvalue weighted by molar-refractivity contribution is 7.93. The first-order valence-electron chi connectivity index (χ1n) is 5.09. The van der Waals surface area contributed by atoms with Gasteiger partial charge in [-0.05, 0) is 24.6 Å². The molecule has 0 bridgehead atoms. The highest BCUT2D eigenvalue weighted by Crippen LogP contribution is 2.21. The molecule has 0 aliphatic carbocycles. The molecule has 0 fully saturated rings. The standard InChI is InChI=1S/C10H10N4O2S3/c1-6-4-7(9(11)17)2-3-8(6)19(15,16)14-10-13-12-5-18-10/h2-5H,1H3,(H2,11,17)(H,13,14). The van der Waals surface area contributed by atoms with E-state index in [9.17, 15) is 8.42 Å². The van der Waals surface area contributed by atoms with Gasteiger partial charge in [0, 0.05) is 5.56 Å². The number of sulfonamides is 1. The zero-order valence-electron chi connectivity index (χ0n) is 9.82. The van der Waals surface area contributed by atoms with E-state index < -0.39 is 10.0 Å². The van der Waals surface area contributed by atoms with Gasteiger partial charge in [-0.25, -0.2) is 8.42 Å². The fourth-order valence-electron chi connectivity index (χ4n) is 1.49. The Morgan fingerprint density at radius 2 is 2.21 bits per heavy atom. The maximum Gasteiger partial charge on any atom is 0.263 e. The lowest BCUT2D eigenvalue weighted by molar-refractivity contribution is 0.600. The summed E-state index contributed by atoms with van der Waals surface area (Å²) in [7, 11) is -3.68. The van der Waals surface area contributed by atoms with E-state index in [1.807, 2.05) is 0 Å². The van der Waals surface area contributed by atoms with E-state index in [2.05, 4.69) is 14.9 Å². The minimum Gasteiger partial charge on any atom is -0.389 e. The van der Waals surface area contributed by atoms with Gasteiger partial charge in [0.25, 0.3) is 10.0 Å². The summed E-state index contributed by atoms with van der Waals surface area (Å²) in [5.41, 5.74) is 8.13. The molecular formula is C10H10N4O2S3. The van der Waals surface area contributed by atoms with Crippen molar-refractivity contribution in [2.75, 3.05) is 4.72 Å². The van der Waals surface area contributed by atoms with Gasteiger partial charge in [0.05, 0.1) is 4.90 Å². The number of aromatic nitrogens is 2. The molecule has 0 aliphatic heterocycles. The Kier molecular flexibility index (Phi) is 3.78. The zero-order chi connectivity index (χ0) is 14.0. The SMILES string of the molecule is Cc1cc(C(N)=S)ccc1S(=O)(=O)Nc1nncs1. The van der Waals surface area contributed by atoms with Crippen LogP contribution in [0.1, 0.15) is 11.1 Å². The van der Waals surface area contributed by atoms with Crippen LogP contribution in [0.4, 0.5) is 5.13 Å². The predicted octanol–water partition coefficient (Wildman–Crippen LogP) is 1.28. The lowest BCUT2D eigenvalue weighted by Crippen LogP contribution is -2.15. The van der Waals surface area contributed by atoms with Crippen molar-refractivity contribution in [1.29, 1.82) is 0 Å². The number of hydrogen-bond acceptors (Lipinski definition) is 6. The fourth-order valence-corrected chi connectivity index (χ4v) is 3.54. The first-order chi connectivity index (χ1) is 8.90. The highest BCUT2D eigenvalue weighted by atomic mass is 32.2. The summed E-state index contributed by atoms with van der Waals surface area (Å²) in [4.78, 5) is 0.381. The first kappa shape index (κ1) is 13.8. The summed E-state index contributed by atoms with van der Waals surface area (Å²) in [5.74, 6) is 0. The van der Waals surface area contributed by atoms with Crippen LogP contribution in [0.3, 0.4) is 0 Å². The van der Waals surface area contributed by atoms with Crippen molar-refractivity contribution < 1.29 is 8.42 Å². The van der Waals surface area contributed by atoms with Gasteiger partial charge in [-0.2, -0.15) is 0 Å². The highest BCUT2D eigenvalue weighted by Gasteiger charge is 2.18. The summed E-state index contributed by atoms with van der Waals surface area (Å²) in [6.45, 7) is 1.68. The smallest absolute Gasteiger partial charge is 0.263 e. The average molecular weight is 314 g/mol. The van der Waals surface area contributed by atoms with Crippen LogP contribution < -0.4 is 10.5 Å². The first-order valence-corrected chi connectivity index (χ1v) is 7.87. The molecule has 1 aromatic heterocycles. The minimum absolute atomic E-state index is 0.155. The Morgan fingerprint density at radius 3 is 2.74 bits per heavy atom. The Labute approximate surface area is 119 Å². The number of anilines is 1. The van der Waals surface area contributed by atoms with E-state index in [0.717, 1.165) is 11.3 Å². The van der Waals surface area contributed by atoms with Crippen molar-refractivity contribution in [1.82, 2.24) is 10.2 Å². The number of hydrogen-bond donors (Lipinski definition) is 2. The topological polar surface area (TPSA) is 98.0 Å². The third kappa shape index (κ3) is 3.06. The summed E-state index contributed by atoms with van der Waals surface area (Å²) in [6.07, 6.45) is 0. The normalized spacial score (nSPS) is 11.2. The summed E-state index contributed by atoms with van der Waals surface area (Å²) >= 11 is 5.95. The van der Waals surface area contributed by atoms with Crippen molar-refractivity contribution >= 4 is 43.7 Å². The number of nitrogens with two attached hydrogens (primary N) is 1. The minimum atomic E-state index is -3.68. The molecule has 1 aromatic carbocycles. The van der Waals surface area contributed by atoms with E-state index in [1.165, 1.54) is 11.6 Å². The molecule has 0 spiro atoms. The van der Waals surface area contributed by atoms with Crippen LogP contribution in [0.25, 0.3) is 0 Å². The lowest BCUT2D eigenvalue weighted by Gasteiger charge is -2.09. The van der Waals surface area contributed by atoms with Crippen LogP contribution >= 0.6 is 23.6 Å². The van der Waals surface area contributed by atoms with Crippen molar-refractivity contribution in [2.24, 2.45) is 5.73 Å². The van der Waals surface area contributed by atoms with E-state index in [4.69, 9.17) is 18.0 Å². The monoisotopic (exact) mass is 314 g/mol. The van der Waals surface area contributed by atoms with Gasteiger partial charge in [-0.15, -0.1) is 10.2 Å². The number of benzene rings is 1. The molecule has 0 amide bonds. The van der Waals surface area contributed by atoms with Gasteiger partial charge in [-0.1, -0.05) is 29.6 Å². The number of nitrogens with zero attached hydrogens (tertiary/aromatic N) is 2. The molecule has 19 heavy (non-hydrogen) atoms. The van der Waals surface area contributed by atoms with Crippen LogP contribution in [0.2, 0.25) is 0 Å². The largest absolute Gasteiger partial charge is 0.389 e. The summed E-state index contributed by atoms with van der Waals surface area (Å²) in [5, 5.41) is 7.43. The predicted molar refractivity (Wildman–Crippen MR) is 77.8 cm³/mol. The van der Waals surface area contributed by atoms with Crippen LogP contribution in [0.15, 0.2) is 28.6 Å². The molecule has 9 heteroatoms. The van der Waals surface area contributed by atoms with Crippen molar-refractivity contribution in [3.63, 3.8) is 0 Å². The average Bonchev–Trinajstić information content (AvgIpc) is 2.80. The second-order valence-electron chi connectivity index (χ2n) is 3.69. The third-order valence-electron chi connectivity index (χ3n) is 2.33. The molecule has 0 atom stereocenters. The van der Waals surface area contributed by atoms with Gasteiger partial charge in [0.2, 0.25) is 5.13 Å². The molecule has 3 N–H and O–H groups in total. The summed E-state index contributed by atoms with van der Waals surface area (Å²) < 4.78 is 26.7. The Morgan fingerprint density at radius 1 is 1.47 bits per heavy atom. The molecule has 0 aliphatic rings. The zero-order valence-corrected chi connectivity index (χ0v) is 12.3. The van der Waals surface area contributed by atoms with Crippen LogP contribution in [0.5, 0.6) is 0 Å². The molecule has 1 heterocycles. The Balaban J connectivity index is 2.38. The van der Waals surface area contributed by atoms with E-state index >= 15 is 0 Å². The fraction of sp³-hybridized carbons (Fsp3) is 0.100. The second kappa shape index (κ2) is 5.19. The van der Waals surface area contributed by atoms with Crippen LogP contribution in [0, 0.1) is 6.92 Å². The molecule has 0 saturated heterocycles. The molecular weight excluding hydrogens is 304 g/mol. The maximum atomic E-state index is 12.2.